The number of hydrogen-bond donors (Lipinski definition) is 1. The van der Waals surface area contributed by atoms with Crippen LogP contribution in [0.1, 0.15) is 33.6 Å². The molecule has 1 atom stereocenters. The predicted molar refractivity (Wildman–Crippen MR) is 82.4 cm³/mol. The first-order chi connectivity index (χ1) is 10.3. The van der Waals surface area contributed by atoms with E-state index in [0.29, 0.717) is 12.1 Å². The zero-order chi connectivity index (χ0) is 16.9. The fourth-order valence-corrected chi connectivity index (χ4v) is 2.57. The Balaban J connectivity index is 3.35. The van der Waals surface area contributed by atoms with Crippen molar-refractivity contribution < 1.29 is 24.3 Å². The van der Waals surface area contributed by atoms with E-state index >= 15 is 0 Å². The van der Waals surface area contributed by atoms with Gasteiger partial charge in [0.15, 0.2) is 5.78 Å². The summed E-state index contributed by atoms with van der Waals surface area (Å²) >= 11 is 0. The molecule has 6 nitrogen and oxygen atoms in total. The van der Waals surface area contributed by atoms with Crippen LogP contribution in [0.4, 0.5) is 0 Å². The number of carbonyl (C=O) groups is 2. The monoisotopic (exact) mass is 309 g/mol. The van der Waals surface area contributed by atoms with E-state index in [1.807, 2.05) is 0 Å². The number of esters is 1. The standard InChI is InChI=1S/C16H23NO5/c1-6-8-22-17-10(7-2)12-11(18)9-16(3,4)13(14(12)19)15(20)21-5/h6,13,19H,1,7-9H2,2-5H3. The van der Waals surface area contributed by atoms with Crippen molar-refractivity contribution in [1.29, 1.82) is 0 Å². The zero-order valence-electron chi connectivity index (χ0n) is 13.5. The van der Waals surface area contributed by atoms with Crippen LogP contribution in [0.25, 0.3) is 0 Å². The molecule has 0 aromatic carbocycles. The molecule has 0 amide bonds. The predicted octanol–water partition coefficient (Wildman–Crippen LogP) is 2.56. The number of aliphatic hydroxyl groups excluding tert-OH is 1. The topological polar surface area (TPSA) is 85.2 Å². The molecule has 0 radical (unpaired) electrons. The van der Waals surface area contributed by atoms with Gasteiger partial charge < -0.3 is 14.7 Å². The first-order valence-corrected chi connectivity index (χ1v) is 7.14. The third kappa shape index (κ3) is 3.55. The van der Waals surface area contributed by atoms with Crippen LogP contribution < -0.4 is 0 Å². The molecule has 1 aliphatic carbocycles. The molecule has 122 valence electrons. The number of aliphatic hydroxyl groups is 1. The summed E-state index contributed by atoms with van der Waals surface area (Å²) in [5.41, 5.74) is -0.353. The van der Waals surface area contributed by atoms with Gasteiger partial charge in [0, 0.05) is 6.42 Å². The van der Waals surface area contributed by atoms with E-state index in [4.69, 9.17) is 9.57 Å². The molecule has 0 spiro atoms. The normalized spacial score (nSPS) is 21.5. The average molecular weight is 309 g/mol. The van der Waals surface area contributed by atoms with Crippen molar-refractivity contribution in [3.63, 3.8) is 0 Å². The third-order valence-corrected chi connectivity index (χ3v) is 3.63. The summed E-state index contributed by atoms with van der Waals surface area (Å²) in [6, 6.07) is 0. The first-order valence-electron chi connectivity index (χ1n) is 7.14. The van der Waals surface area contributed by atoms with Crippen LogP contribution in [0.15, 0.2) is 29.1 Å². The van der Waals surface area contributed by atoms with Crippen molar-refractivity contribution in [3.8, 4) is 0 Å². The van der Waals surface area contributed by atoms with Gasteiger partial charge in [-0.25, -0.2) is 0 Å². The van der Waals surface area contributed by atoms with Crippen LogP contribution in [-0.2, 0) is 19.2 Å². The summed E-state index contributed by atoms with van der Waals surface area (Å²) in [6.07, 6.45) is 2.03. The summed E-state index contributed by atoms with van der Waals surface area (Å²) in [6.45, 7) is 8.98. The van der Waals surface area contributed by atoms with Crippen molar-refractivity contribution in [2.45, 2.75) is 33.6 Å². The fraction of sp³-hybridized carbons (Fsp3) is 0.562. The molecule has 1 unspecified atom stereocenters. The van der Waals surface area contributed by atoms with Gasteiger partial charge in [0.25, 0.3) is 0 Å². The summed E-state index contributed by atoms with van der Waals surface area (Å²) in [4.78, 5) is 29.4. The number of ether oxygens (including phenoxy) is 1. The number of allylic oxidation sites excluding steroid dienone is 1. The molecule has 1 N–H and O–H groups in total. The smallest absolute Gasteiger partial charge is 0.316 e. The SMILES string of the molecule is C=CCON=C(CC)C1=C(O)C(C(=O)OC)C(C)(C)CC1=O. The molecular weight excluding hydrogens is 286 g/mol. The van der Waals surface area contributed by atoms with Gasteiger partial charge in [-0.2, -0.15) is 0 Å². The van der Waals surface area contributed by atoms with Gasteiger partial charge in [-0.15, -0.1) is 0 Å². The Kier molecular flexibility index (Phi) is 5.91. The molecule has 22 heavy (non-hydrogen) atoms. The number of oxime groups is 1. The Hall–Kier alpha value is -2.11. The lowest BCUT2D eigenvalue weighted by molar-refractivity contribution is -0.150. The van der Waals surface area contributed by atoms with Gasteiger partial charge >= 0.3 is 5.97 Å². The van der Waals surface area contributed by atoms with Gasteiger partial charge in [-0.3, -0.25) is 9.59 Å². The maximum Gasteiger partial charge on any atom is 0.316 e. The number of methoxy groups -OCH3 is 1. The summed E-state index contributed by atoms with van der Waals surface area (Å²) in [5, 5.41) is 14.4. The molecule has 0 aromatic heterocycles. The second-order valence-corrected chi connectivity index (χ2v) is 5.78. The Morgan fingerprint density at radius 1 is 1.55 bits per heavy atom. The number of rotatable bonds is 6. The number of Topliss-reactive ketones (excluding diaryl/α,β-unsaturated/α-hetero) is 1. The highest BCUT2D eigenvalue weighted by atomic mass is 16.6. The van der Waals surface area contributed by atoms with Crippen LogP contribution in [0.5, 0.6) is 0 Å². The Bertz CT molecular complexity index is 531. The lowest BCUT2D eigenvalue weighted by atomic mass is 9.67. The van der Waals surface area contributed by atoms with Crippen molar-refractivity contribution in [3.05, 3.63) is 24.0 Å². The van der Waals surface area contributed by atoms with E-state index in [2.05, 4.69) is 11.7 Å². The van der Waals surface area contributed by atoms with E-state index in [-0.39, 0.29) is 30.1 Å². The highest BCUT2D eigenvalue weighted by Gasteiger charge is 2.47. The summed E-state index contributed by atoms with van der Waals surface area (Å²) in [5.74, 6) is -2.03. The Morgan fingerprint density at radius 2 is 2.18 bits per heavy atom. The van der Waals surface area contributed by atoms with Gasteiger partial charge in [-0.05, 0) is 11.8 Å². The van der Waals surface area contributed by atoms with Gasteiger partial charge in [-0.1, -0.05) is 38.6 Å². The second kappa shape index (κ2) is 7.24. The largest absolute Gasteiger partial charge is 0.511 e. The van der Waals surface area contributed by atoms with Gasteiger partial charge in [0.05, 0.1) is 18.4 Å². The first kappa shape index (κ1) is 17.9. The summed E-state index contributed by atoms with van der Waals surface area (Å²) in [7, 11) is 1.25. The van der Waals surface area contributed by atoms with E-state index in [1.54, 1.807) is 20.8 Å². The minimum Gasteiger partial charge on any atom is -0.511 e. The highest BCUT2D eigenvalue weighted by Crippen LogP contribution is 2.42. The van der Waals surface area contributed by atoms with Crippen LogP contribution >= 0.6 is 0 Å². The van der Waals surface area contributed by atoms with Crippen LogP contribution in [0, 0.1) is 11.3 Å². The van der Waals surface area contributed by atoms with Crippen molar-refractivity contribution >= 4 is 17.5 Å². The van der Waals surface area contributed by atoms with Crippen molar-refractivity contribution in [2.75, 3.05) is 13.7 Å². The van der Waals surface area contributed by atoms with Crippen molar-refractivity contribution in [2.24, 2.45) is 16.5 Å². The Labute approximate surface area is 130 Å². The lowest BCUT2D eigenvalue weighted by Crippen LogP contribution is -2.41. The minimum atomic E-state index is -0.902. The molecule has 0 aromatic rings. The van der Waals surface area contributed by atoms with Crippen LogP contribution in [0.3, 0.4) is 0 Å². The molecule has 0 heterocycles. The maximum absolute atomic E-state index is 12.4. The van der Waals surface area contributed by atoms with E-state index in [9.17, 15) is 14.7 Å². The quantitative estimate of drug-likeness (QED) is 0.268. The second-order valence-electron chi connectivity index (χ2n) is 5.78. The molecule has 0 fully saturated rings. The van der Waals surface area contributed by atoms with Crippen molar-refractivity contribution in [1.82, 2.24) is 0 Å². The number of ketones is 1. The van der Waals surface area contributed by atoms with E-state index in [0.717, 1.165) is 0 Å². The lowest BCUT2D eigenvalue weighted by Gasteiger charge is -2.36. The summed E-state index contributed by atoms with van der Waals surface area (Å²) < 4.78 is 4.76. The van der Waals surface area contributed by atoms with Crippen LogP contribution in [0.2, 0.25) is 0 Å². The molecule has 1 aliphatic rings. The number of nitrogens with zero attached hydrogens (tertiary/aromatic N) is 1. The molecule has 0 saturated heterocycles. The maximum atomic E-state index is 12.4. The van der Waals surface area contributed by atoms with E-state index in [1.165, 1.54) is 13.2 Å². The van der Waals surface area contributed by atoms with Gasteiger partial charge in [0.2, 0.25) is 0 Å². The number of hydrogen-bond acceptors (Lipinski definition) is 6. The molecule has 1 rings (SSSR count). The molecule has 0 saturated carbocycles. The minimum absolute atomic E-state index is 0.0567. The molecular formula is C16H23NO5. The fourth-order valence-electron chi connectivity index (χ4n) is 2.57. The molecule has 0 bridgehead atoms. The van der Waals surface area contributed by atoms with E-state index < -0.39 is 17.3 Å². The third-order valence-electron chi connectivity index (χ3n) is 3.63. The average Bonchev–Trinajstić information content (AvgIpc) is 2.43. The zero-order valence-corrected chi connectivity index (χ0v) is 13.5. The van der Waals surface area contributed by atoms with Crippen LogP contribution in [-0.4, -0.2) is 36.3 Å². The molecule has 6 heteroatoms. The van der Waals surface area contributed by atoms with Gasteiger partial charge in [0.1, 0.15) is 18.3 Å². The Morgan fingerprint density at radius 3 is 2.68 bits per heavy atom. The highest BCUT2D eigenvalue weighted by molar-refractivity contribution is 6.23. The molecule has 0 aliphatic heterocycles. The number of carbonyl (C=O) groups excluding carboxylic acids is 2.